The van der Waals surface area contributed by atoms with Crippen LogP contribution in [0.4, 0.5) is 18.9 Å². The molecule has 1 fully saturated rings. The van der Waals surface area contributed by atoms with Crippen LogP contribution in [0.25, 0.3) is 0 Å². The highest BCUT2D eigenvalue weighted by Gasteiger charge is 2.30. The maximum atomic E-state index is 12.6. The Morgan fingerprint density at radius 2 is 1.67 bits per heavy atom. The number of likely N-dealkylation sites (tertiary alicyclic amines) is 1. The summed E-state index contributed by atoms with van der Waals surface area (Å²) in [6, 6.07) is 6.89. The number of carbonyl (C=O) groups is 3. The summed E-state index contributed by atoms with van der Waals surface area (Å²) >= 11 is 0. The molecule has 8 nitrogen and oxygen atoms in total. The number of aromatic nitrogens is 1. The van der Waals surface area contributed by atoms with Crippen LogP contribution in [0.3, 0.4) is 0 Å². The Morgan fingerprint density at radius 3 is 2.27 bits per heavy atom. The van der Waals surface area contributed by atoms with Crippen LogP contribution in [0, 0.1) is 5.92 Å². The van der Waals surface area contributed by atoms with Gasteiger partial charge in [0, 0.05) is 38.6 Å². The molecule has 3 amide bonds. The summed E-state index contributed by atoms with van der Waals surface area (Å²) in [6.45, 7) is 1.04. The molecule has 0 bridgehead atoms. The zero-order chi connectivity index (χ0) is 24.2. The highest BCUT2D eigenvalue weighted by molar-refractivity contribution is 6.39. The number of benzene rings is 1. The molecule has 3 rings (SSSR count). The average Bonchev–Trinajstić information content (AvgIpc) is 2.79. The monoisotopic (exact) mass is 464 g/mol. The lowest BCUT2D eigenvalue weighted by Crippen LogP contribution is -2.44. The van der Waals surface area contributed by atoms with Gasteiger partial charge in [-0.25, -0.2) is 0 Å². The Kier molecular flexibility index (Phi) is 7.19. The first-order valence-corrected chi connectivity index (χ1v) is 10.3. The maximum absolute atomic E-state index is 12.6. The Balaban J connectivity index is 1.45. The molecule has 2 N–H and O–H groups in total. The summed E-state index contributed by atoms with van der Waals surface area (Å²) in [5, 5.41) is 4.77. The first kappa shape index (κ1) is 24.0. The molecule has 0 saturated carbocycles. The minimum absolute atomic E-state index is 0.0375. The molecular formula is C22H23F3N4O4. The third-order valence-electron chi connectivity index (χ3n) is 5.48. The summed E-state index contributed by atoms with van der Waals surface area (Å²) in [6.07, 6.45) is -1.75. The zero-order valence-corrected chi connectivity index (χ0v) is 17.8. The third kappa shape index (κ3) is 5.99. The average molecular weight is 464 g/mol. The van der Waals surface area contributed by atoms with Gasteiger partial charge >= 0.3 is 18.0 Å². The number of halogens is 3. The maximum Gasteiger partial charge on any atom is 0.416 e. The fraction of sp³-hybridized carbons (Fsp3) is 0.364. The van der Waals surface area contributed by atoms with Gasteiger partial charge in [-0.3, -0.25) is 19.2 Å². The van der Waals surface area contributed by atoms with Crippen molar-refractivity contribution in [3.8, 4) is 0 Å². The van der Waals surface area contributed by atoms with Crippen LogP contribution in [0.5, 0.6) is 0 Å². The van der Waals surface area contributed by atoms with Crippen LogP contribution in [0.2, 0.25) is 0 Å². The zero-order valence-electron chi connectivity index (χ0n) is 17.8. The summed E-state index contributed by atoms with van der Waals surface area (Å²) < 4.78 is 39.1. The van der Waals surface area contributed by atoms with Crippen LogP contribution >= 0.6 is 0 Å². The fourth-order valence-electron chi connectivity index (χ4n) is 3.52. The van der Waals surface area contributed by atoms with Crippen molar-refractivity contribution in [3.63, 3.8) is 0 Å². The van der Waals surface area contributed by atoms with Crippen LogP contribution < -0.4 is 16.2 Å². The molecule has 1 aromatic carbocycles. The van der Waals surface area contributed by atoms with Gasteiger partial charge in [-0.2, -0.15) is 13.2 Å². The minimum Gasteiger partial charge on any atom is -0.348 e. The number of piperidine rings is 1. The highest BCUT2D eigenvalue weighted by atomic mass is 19.4. The lowest BCUT2D eigenvalue weighted by atomic mass is 9.96. The molecule has 0 spiro atoms. The number of alkyl halides is 3. The summed E-state index contributed by atoms with van der Waals surface area (Å²) in [5.41, 5.74) is -1.05. The number of aryl methyl sites for hydroxylation is 1. The van der Waals surface area contributed by atoms with Crippen LogP contribution in [0.1, 0.15) is 28.8 Å². The first-order chi connectivity index (χ1) is 15.6. The summed E-state index contributed by atoms with van der Waals surface area (Å²) in [7, 11) is 1.57. The van der Waals surface area contributed by atoms with E-state index in [1.807, 2.05) is 0 Å². The molecule has 1 aromatic heterocycles. The molecule has 0 aliphatic carbocycles. The van der Waals surface area contributed by atoms with E-state index in [9.17, 15) is 32.3 Å². The Morgan fingerprint density at radius 1 is 1.03 bits per heavy atom. The topological polar surface area (TPSA) is 101 Å². The van der Waals surface area contributed by atoms with Crippen molar-refractivity contribution in [2.75, 3.05) is 25.0 Å². The lowest BCUT2D eigenvalue weighted by Gasteiger charge is -2.32. The van der Waals surface area contributed by atoms with E-state index in [2.05, 4.69) is 10.6 Å². The summed E-state index contributed by atoms with van der Waals surface area (Å²) in [5.74, 6) is -2.19. The van der Waals surface area contributed by atoms with Crippen LogP contribution in [0.15, 0.2) is 47.4 Å². The number of nitrogens with zero attached hydrogens (tertiary/aromatic N) is 2. The second-order valence-corrected chi connectivity index (χ2v) is 7.81. The van der Waals surface area contributed by atoms with Crippen molar-refractivity contribution in [1.82, 2.24) is 14.8 Å². The van der Waals surface area contributed by atoms with E-state index < -0.39 is 23.6 Å². The molecule has 2 aromatic rings. The second kappa shape index (κ2) is 9.88. The van der Waals surface area contributed by atoms with Crippen molar-refractivity contribution in [3.05, 3.63) is 64.1 Å². The Labute approximate surface area is 187 Å². The highest BCUT2D eigenvalue weighted by Crippen LogP contribution is 2.29. The number of amides is 3. The largest absolute Gasteiger partial charge is 0.416 e. The fourth-order valence-corrected chi connectivity index (χ4v) is 3.52. The summed E-state index contributed by atoms with van der Waals surface area (Å²) in [4.78, 5) is 50.4. The number of nitrogens with one attached hydrogen (secondary N) is 2. The molecule has 176 valence electrons. The number of carbonyl (C=O) groups excluding carboxylic acids is 3. The van der Waals surface area contributed by atoms with Gasteiger partial charge in [0.25, 0.3) is 11.5 Å². The van der Waals surface area contributed by atoms with E-state index in [0.717, 1.165) is 24.3 Å². The standard InChI is InChI=1S/C22H23F3N4O4/c1-28-10-2-3-17(20(28)32)21(33)29-11-8-14(9-12-29)13-26-18(30)19(31)27-16-6-4-15(5-7-16)22(23,24)25/h2-7,10,14H,8-9,11-13H2,1H3,(H,26,30)(H,27,31). The van der Waals surface area contributed by atoms with Crippen LogP contribution in [-0.4, -0.2) is 46.8 Å². The Bertz CT molecular complexity index is 1090. The van der Waals surface area contributed by atoms with E-state index in [1.165, 1.54) is 10.6 Å². The van der Waals surface area contributed by atoms with Crippen LogP contribution in [-0.2, 0) is 22.8 Å². The smallest absolute Gasteiger partial charge is 0.348 e. The molecule has 2 heterocycles. The molecule has 1 aliphatic heterocycles. The van der Waals surface area contributed by atoms with E-state index in [1.54, 1.807) is 24.2 Å². The number of anilines is 1. The second-order valence-electron chi connectivity index (χ2n) is 7.81. The van der Waals surface area contributed by atoms with E-state index >= 15 is 0 Å². The number of hydrogen-bond acceptors (Lipinski definition) is 4. The van der Waals surface area contributed by atoms with Gasteiger partial charge in [0.1, 0.15) is 5.56 Å². The molecule has 0 radical (unpaired) electrons. The van der Waals surface area contributed by atoms with Gasteiger partial charge in [0.15, 0.2) is 0 Å². The third-order valence-corrected chi connectivity index (χ3v) is 5.48. The normalized spacial score (nSPS) is 14.6. The molecule has 1 saturated heterocycles. The molecule has 0 atom stereocenters. The molecular weight excluding hydrogens is 441 g/mol. The number of pyridine rings is 1. The van der Waals surface area contributed by atoms with Crippen molar-refractivity contribution < 1.29 is 27.6 Å². The molecule has 33 heavy (non-hydrogen) atoms. The van der Waals surface area contributed by atoms with Crippen molar-refractivity contribution in [2.45, 2.75) is 19.0 Å². The first-order valence-electron chi connectivity index (χ1n) is 10.3. The Hall–Kier alpha value is -3.63. The quantitative estimate of drug-likeness (QED) is 0.676. The molecule has 1 aliphatic rings. The van der Waals surface area contributed by atoms with Crippen molar-refractivity contribution >= 4 is 23.4 Å². The van der Waals surface area contributed by atoms with Gasteiger partial charge in [-0.05, 0) is 55.2 Å². The van der Waals surface area contributed by atoms with Gasteiger partial charge in [-0.1, -0.05) is 0 Å². The predicted octanol–water partition coefficient (Wildman–Crippen LogP) is 2.01. The molecule has 11 heteroatoms. The predicted molar refractivity (Wildman–Crippen MR) is 113 cm³/mol. The van der Waals surface area contributed by atoms with E-state index in [0.29, 0.717) is 25.9 Å². The molecule has 0 unspecified atom stereocenters. The number of hydrogen-bond donors (Lipinski definition) is 2. The lowest BCUT2D eigenvalue weighted by molar-refractivity contribution is -0.137. The van der Waals surface area contributed by atoms with Gasteiger partial charge in [0.05, 0.1) is 5.56 Å². The van der Waals surface area contributed by atoms with Crippen molar-refractivity contribution in [2.24, 2.45) is 13.0 Å². The SMILES string of the molecule is Cn1cccc(C(=O)N2CCC(CNC(=O)C(=O)Nc3ccc(C(F)(F)F)cc3)CC2)c1=O. The minimum atomic E-state index is -4.49. The van der Waals surface area contributed by atoms with Gasteiger partial charge in [-0.15, -0.1) is 0 Å². The van der Waals surface area contributed by atoms with Gasteiger partial charge < -0.3 is 20.1 Å². The van der Waals surface area contributed by atoms with Crippen molar-refractivity contribution in [1.29, 1.82) is 0 Å². The van der Waals surface area contributed by atoms with Gasteiger partial charge in [0.2, 0.25) is 0 Å². The van der Waals surface area contributed by atoms with E-state index in [4.69, 9.17) is 0 Å². The van der Waals surface area contributed by atoms with E-state index in [-0.39, 0.29) is 35.2 Å². The number of rotatable bonds is 4.